The van der Waals surface area contributed by atoms with Crippen molar-refractivity contribution in [1.29, 1.82) is 0 Å². The molecule has 2 unspecified atom stereocenters. The van der Waals surface area contributed by atoms with Crippen molar-refractivity contribution in [3.63, 3.8) is 0 Å². The molecule has 0 bridgehead atoms. The van der Waals surface area contributed by atoms with Gasteiger partial charge in [0, 0.05) is 24.8 Å². The van der Waals surface area contributed by atoms with Gasteiger partial charge in [0.05, 0.1) is 0 Å². The number of hydrogen-bond donors (Lipinski definition) is 4. The van der Waals surface area contributed by atoms with Crippen molar-refractivity contribution in [2.24, 2.45) is 5.73 Å². The van der Waals surface area contributed by atoms with Crippen LogP contribution in [0.15, 0.2) is 54.6 Å². The number of ether oxygens (including phenoxy) is 1. The number of hydrogen-bond acceptors (Lipinski definition) is 5. The Kier molecular flexibility index (Phi) is 7.25. The van der Waals surface area contributed by atoms with Gasteiger partial charge in [-0.1, -0.05) is 24.3 Å². The van der Waals surface area contributed by atoms with Crippen molar-refractivity contribution in [2.75, 3.05) is 17.2 Å². The third-order valence-corrected chi connectivity index (χ3v) is 3.58. The van der Waals surface area contributed by atoms with Crippen LogP contribution in [0.5, 0.6) is 5.75 Å². The summed E-state index contributed by atoms with van der Waals surface area (Å²) in [6.07, 6.45) is -0.248. The molecule has 2 aromatic carbocycles. The summed E-state index contributed by atoms with van der Waals surface area (Å²) in [6, 6.07) is 16.7. The van der Waals surface area contributed by atoms with Gasteiger partial charge in [0.2, 0.25) is 5.91 Å². The van der Waals surface area contributed by atoms with Crippen LogP contribution >= 0.6 is 0 Å². The zero-order chi connectivity index (χ0) is 18.1. The summed E-state index contributed by atoms with van der Waals surface area (Å²) >= 11 is 0. The smallest absolute Gasteiger partial charge is 0.221 e. The molecule has 25 heavy (non-hydrogen) atoms. The van der Waals surface area contributed by atoms with E-state index in [1.54, 1.807) is 12.1 Å². The minimum Gasteiger partial charge on any atom is -0.473 e. The second-order valence-electron chi connectivity index (χ2n) is 5.79. The van der Waals surface area contributed by atoms with Crippen LogP contribution in [0.4, 0.5) is 11.4 Å². The van der Waals surface area contributed by atoms with Crippen molar-refractivity contribution in [1.82, 2.24) is 0 Å². The molecule has 0 spiro atoms. The molecule has 0 aromatic heterocycles. The second-order valence-corrected chi connectivity index (χ2v) is 5.79. The first-order valence-corrected chi connectivity index (χ1v) is 8.31. The zero-order valence-corrected chi connectivity index (χ0v) is 14.3. The molecule has 2 rings (SSSR count). The van der Waals surface area contributed by atoms with Gasteiger partial charge in [-0.25, -0.2) is 0 Å². The molecule has 2 aromatic rings. The molecule has 5 N–H and O–H groups in total. The van der Waals surface area contributed by atoms with Gasteiger partial charge < -0.3 is 20.5 Å². The van der Waals surface area contributed by atoms with Crippen molar-refractivity contribution >= 4 is 17.3 Å². The lowest BCUT2D eigenvalue weighted by Gasteiger charge is -2.20. The van der Waals surface area contributed by atoms with Gasteiger partial charge in [-0.15, -0.1) is 0 Å². The second kappa shape index (κ2) is 9.66. The molecule has 0 aliphatic heterocycles. The standard InChI is InChI=1S/C19H25N3O3/c1-14(23)22-16-8-5-7-15(13-16)21-12-6-11-18(24)19(20)25-17-9-3-2-4-10-17/h2-5,7-10,13,18-19,21,24H,6,11-12,20H2,1H3,(H,22,23). The van der Waals surface area contributed by atoms with E-state index in [-0.39, 0.29) is 5.91 Å². The molecule has 0 heterocycles. The fraction of sp³-hybridized carbons (Fsp3) is 0.316. The first kappa shape index (κ1) is 18.8. The maximum absolute atomic E-state index is 11.1. The summed E-state index contributed by atoms with van der Waals surface area (Å²) in [4.78, 5) is 11.1. The van der Waals surface area contributed by atoms with E-state index in [1.807, 2.05) is 42.5 Å². The van der Waals surface area contributed by atoms with E-state index in [2.05, 4.69) is 10.6 Å². The molecule has 0 aliphatic rings. The summed E-state index contributed by atoms with van der Waals surface area (Å²) in [5, 5.41) is 16.1. The number of aliphatic hydroxyl groups is 1. The number of aliphatic hydroxyl groups excluding tert-OH is 1. The highest BCUT2D eigenvalue weighted by molar-refractivity contribution is 5.89. The Bertz CT molecular complexity index is 664. The first-order valence-electron chi connectivity index (χ1n) is 8.31. The lowest BCUT2D eigenvalue weighted by atomic mass is 10.1. The van der Waals surface area contributed by atoms with Gasteiger partial charge in [-0.3, -0.25) is 10.5 Å². The fourth-order valence-electron chi connectivity index (χ4n) is 2.35. The van der Waals surface area contributed by atoms with Crippen LogP contribution < -0.4 is 21.1 Å². The van der Waals surface area contributed by atoms with Crippen LogP contribution in [0, 0.1) is 0 Å². The van der Waals surface area contributed by atoms with Gasteiger partial charge >= 0.3 is 0 Å². The molecular formula is C19H25N3O3. The Morgan fingerprint density at radius 2 is 1.88 bits per heavy atom. The Morgan fingerprint density at radius 3 is 2.60 bits per heavy atom. The molecule has 0 fully saturated rings. The van der Waals surface area contributed by atoms with Gasteiger partial charge in [-0.05, 0) is 43.2 Å². The summed E-state index contributed by atoms with van der Waals surface area (Å²) in [5.41, 5.74) is 7.53. The number of carbonyl (C=O) groups is 1. The lowest BCUT2D eigenvalue weighted by molar-refractivity contribution is -0.114. The molecule has 134 valence electrons. The summed E-state index contributed by atoms with van der Waals surface area (Å²) < 4.78 is 5.51. The summed E-state index contributed by atoms with van der Waals surface area (Å²) in [5.74, 6) is 0.537. The number of para-hydroxylation sites is 1. The lowest BCUT2D eigenvalue weighted by Crippen LogP contribution is -2.40. The van der Waals surface area contributed by atoms with E-state index in [0.717, 1.165) is 17.8 Å². The number of nitrogens with two attached hydrogens (primary N) is 1. The maximum Gasteiger partial charge on any atom is 0.221 e. The van der Waals surface area contributed by atoms with Crippen LogP contribution in [0.1, 0.15) is 19.8 Å². The third-order valence-electron chi connectivity index (χ3n) is 3.58. The van der Waals surface area contributed by atoms with Crippen molar-refractivity contribution in [3.05, 3.63) is 54.6 Å². The SMILES string of the molecule is CC(=O)Nc1cccc(NCCCC(O)C(N)Oc2ccccc2)c1. The third kappa shape index (κ3) is 6.82. The van der Waals surface area contributed by atoms with Gasteiger partial charge in [0.15, 0.2) is 6.23 Å². The number of carbonyl (C=O) groups excluding carboxylic acids is 1. The number of rotatable bonds is 9. The molecule has 6 nitrogen and oxygen atoms in total. The minimum atomic E-state index is -0.759. The normalized spacial score (nSPS) is 12.9. The monoisotopic (exact) mass is 343 g/mol. The van der Waals surface area contributed by atoms with E-state index in [0.29, 0.717) is 18.7 Å². The van der Waals surface area contributed by atoms with E-state index in [4.69, 9.17) is 10.5 Å². The summed E-state index contributed by atoms with van der Waals surface area (Å²) in [6.45, 7) is 2.15. The number of amides is 1. The first-order chi connectivity index (χ1) is 12.0. The zero-order valence-electron chi connectivity index (χ0n) is 14.3. The average molecular weight is 343 g/mol. The Hall–Kier alpha value is -2.57. The molecule has 0 saturated heterocycles. The van der Waals surface area contributed by atoms with Gasteiger partial charge in [0.25, 0.3) is 0 Å². The van der Waals surface area contributed by atoms with Crippen molar-refractivity contribution in [3.8, 4) is 5.75 Å². The maximum atomic E-state index is 11.1. The number of anilines is 2. The Balaban J connectivity index is 1.70. The van der Waals surface area contributed by atoms with Crippen LogP contribution in [0.25, 0.3) is 0 Å². The van der Waals surface area contributed by atoms with Crippen LogP contribution in [-0.2, 0) is 4.79 Å². The summed E-state index contributed by atoms with van der Waals surface area (Å²) in [7, 11) is 0. The predicted octanol–water partition coefficient (Wildman–Crippen LogP) is 2.56. The quantitative estimate of drug-likeness (QED) is 0.414. The minimum absolute atomic E-state index is 0.104. The highest BCUT2D eigenvalue weighted by Gasteiger charge is 2.15. The van der Waals surface area contributed by atoms with E-state index in [9.17, 15) is 9.90 Å². The van der Waals surface area contributed by atoms with E-state index >= 15 is 0 Å². The van der Waals surface area contributed by atoms with Crippen molar-refractivity contribution < 1.29 is 14.6 Å². The largest absolute Gasteiger partial charge is 0.473 e. The highest BCUT2D eigenvalue weighted by atomic mass is 16.5. The van der Waals surface area contributed by atoms with Crippen LogP contribution in [0.3, 0.4) is 0 Å². The molecular weight excluding hydrogens is 318 g/mol. The molecule has 6 heteroatoms. The van der Waals surface area contributed by atoms with E-state index < -0.39 is 12.3 Å². The highest BCUT2D eigenvalue weighted by Crippen LogP contribution is 2.16. The predicted molar refractivity (Wildman–Crippen MR) is 99.5 cm³/mol. The van der Waals surface area contributed by atoms with Crippen molar-refractivity contribution in [2.45, 2.75) is 32.1 Å². The molecule has 0 saturated carbocycles. The average Bonchev–Trinajstić information content (AvgIpc) is 2.59. The molecule has 1 amide bonds. The van der Waals surface area contributed by atoms with Gasteiger partial charge in [-0.2, -0.15) is 0 Å². The van der Waals surface area contributed by atoms with Crippen LogP contribution in [0.2, 0.25) is 0 Å². The Labute approximate surface area is 148 Å². The molecule has 0 aliphatic carbocycles. The van der Waals surface area contributed by atoms with Gasteiger partial charge in [0.1, 0.15) is 11.9 Å². The van der Waals surface area contributed by atoms with E-state index in [1.165, 1.54) is 6.92 Å². The Morgan fingerprint density at radius 1 is 1.16 bits per heavy atom. The molecule has 0 radical (unpaired) electrons. The topological polar surface area (TPSA) is 96.6 Å². The number of nitrogens with one attached hydrogen (secondary N) is 2. The fourth-order valence-corrected chi connectivity index (χ4v) is 2.35. The van der Waals surface area contributed by atoms with Crippen LogP contribution in [-0.4, -0.2) is 29.9 Å². The molecule has 2 atom stereocenters. The number of benzene rings is 2.